The number of ether oxygens (including phenoxy) is 3. The molecule has 1 heterocycles. The monoisotopic (exact) mass is 432 g/mol. The minimum atomic E-state index is -0.144. The first kappa shape index (κ1) is 21.8. The SMILES string of the molecule is CCOC(=O)CC1CCc2c1[nH]c1ccc(OCc3ccc(OC(C)C)c(C#N)c3)cc21. The maximum atomic E-state index is 11.9. The van der Waals surface area contributed by atoms with E-state index in [0.29, 0.717) is 30.9 Å². The zero-order valence-corrected chi connectivity index (χ0v) is 18.7. The summed E-state index contributed by atoms with van der Waals surface area (Å²) in [6.45, 7) is 6.48. The summed E-state index contributed by atoms with van der Waals surface area (Å²) in [5, 5.41) is 10.6. The number of nitrogens with one attached hydrogen (secondary N) is 1. The number of hydrogen-bond donors (Lipinski definition) is 1. The second kappa shape index (κ2) is 9.35. The van der Waals surface area contributed by atoms with Gasteiger partial charge in [0.25, 0.3) is 0 Å². The molecule has 0 amide bonds. The van der Waals surface area contributed by atoms with Crippen LogP contribution in [0.2, 0.25) is 0 Å². The predicted octanol–water partition coefficient (Wildman–Crippen LogP) is 5.39. The Bertz CT molecular complexity index is 1170. The van der Waals surface area contributed by atoms with E-state index in [1.54, 1.807) is 0 Å². The van der Waals surface area contributed by atoms with Crippen molar-refractivity contribution in [2.75, 3.05) is 6.61 Å². The molecule has 0 bridgehead atoms. The van der Waals surface area contributed by atoms with E-state index in [2.05, 4.69) is 17.1 Å². The second-order valence-electron chi connectivity index (χ2n) is 8.37. The summed E-state index contributed by atoms with van der Waals surface area (Å²) in [5.41, 5.74) is 4.88. The van der Waals surface area contributed by atoms with Crippen molar-refractivity contribution in [2.45, 2.75) is 58.7 Å². The summed E-state index contributed by atoms with van der Waals surface area (Å²) >= 11 is 0. The smallest absolute Gasteiger partial charge is 0.306 e. The highest BCUT2D eigenvalue weighted by molar-refractivity contribution is 5.87. The lowest BCUT2D eigenvalue weighted by Gasteiger charge is -2.12. The van der Waals surface area contributed by atoms with Gasteiger partial charge < -0.3 is 19.2 Å². The van der Waals surface area contributed by atoms with Crippen LogP contribution in [0, 0.1) is 11.3 Å². The Kier molecular flexibility index (Phi) is 6.36. The maximum absolute atomic E-state index is 11.9. The normalized spacial score (nSPS) is 14.9. The van der Waals surface area contributed by atoms with E-state index >= 15 is 0 Å². The Morgan fingerprint density at radius 2 is 2.09 bits per heavy atom. The van der Waals surface area contributed by atoms with Gasteiger partial charge in [0.2, 0.25) is 0 Å². The van der Waals surface area contributed by atoms with E-state index in [9.17, 15) is 10.1 Å². The third-order valence-corrected chi connectivity index (χ3v) is 5.71. The van der Waals surface area contributed by atoms with Crippen LogP contribution in [0.5, 0.6) is 11.5 Å². The number of fused-ring (bicyclic) bond motifs is 3. The highest BCUT2D eigenvalue weighted by Crippen LogP contribution is 2.40. The molecule has 0 radical (unpaired) electrons. The number of esters is 1. The molecule has 0 fully saturated rings. The number of hydrogen-bond acceptors (Lipinski definition) is 5. The van der Waals surface area contributed by atoms with E-state index < -0.39 is 0 Å². The first-order valence-corrected chi connectivity index (χ1v) is 11.1. The first-order valence-electron chi connectivity index (χ1n) is 11.1. The van der Waals surface area contributed by atoms with E-state index in [1.807, 2.05) is 51.1 Å². The van der Waals surface area contributed by atoms with Crippen LogP contribution in [0.3, 0.4) is 0 Å². The molecular formula is C26H28N2O4. The molecule has 1 unspecified atom stereocenters. The molecule has 1 atom stereocenters. The lowest BCUT2D eigenvalue weighted by Crippen LogP contribution is -2.08. The third-order valence-electron chi connectivity index (χ3n) is 5.71. The topological polar surface area (TPSA) is 84.3 Å². The number of carbonyl (C=O) groups is 1. The molecule has 1 aromatic heterocycles. The van der Waals surface area contributed by atoms with Crippen LogP contribution in [0.25, 0.3) is 10.9 Å². The molecule has 32 heavy (non-hydrogen) atoms. The molecule has 0 saturated carbocycles. The third kappa shape index (κ3) is 4.57. The minimum Gasteiger partial charge on any atom is -0.490 e. The van der Waals surface area contributed by atoms with Gasteiger partial charge in [0.05, 0.1) is 24.7 Å². The zero-order valence-electron chi connectivity index (χ0n) is 18.7. The molecule has 166 valence electrons. The lowest BCUT2D eigenvalue weighted by atomic mass is 10.0. The van der Waals surface area contributed by atoms with Crippen molar-refractivity contribution in [2.24, 2.45) is 0 Å². The van der Waals surface area contributed by atoms with Gasteiger partial charge in [-0.25, -0.2) is 0 Å². The van der Waals surface area contributed by atoms with Crippen LogP contribution in [0.1, 0.15) is 61.9 Å². The van der Waals surface area contributed by atoms with Crippen molar-refractivity contribution in [3.8, 4) is 17.6 Å². The summed E-state index contributed by atoms with van der Waals surface area (Å²) in [4.78, 5) is 15.4. The van der Waals surface area contributed by atoms with Gasteiger partial charge in [-0.3, -0.25) is 4.79 Å². The standard InChI is InChI=1S/C26H28N2O4/c1-4-30-25(29)12-18-6-8-21-22-13-20(7-9-23(22)28-26(18)21)31-15-17-5-10-24(32-16(2)3)19(11-17)14-27/h5,7,9-11,13,16,18,28H,4,6,8,12,15H2,1-3H3. The van der Waals surface area contributed by atoms with Gasteiger partial charge in [-0.15, -0.1) is 0 Å². The van der Waals surface area contributed by atoms with Gasteiger partial charge >= 0.3 is 5.97 Å². The Balaban J connectivity index is 1.48. The van der Waals surface area contributed by atoms with Gasteiger partial charge in [0.15, 0.2) is 0 Å². The van der Waals surface area contributed by atoms with E-state index in [0.717, 1.165) is 40.8 Å². The summed E-state index contributed by atoms with van der Waals surface area (Å²) in [5.74, 6) is 1.40. The summed E-state index contributed by atoms with van der Waals surface area (Å²) < 4.78 is 16.8. The predicted molar refractivity (Wildman–Crippen MR) is 122 cm³/mol. The average molecular weight is 433 g/mol. The van der Waals surface area contributed by atoms with Crippen molar-refractivity contribution < 1.29 is 19.0 Å². The first-order chi connectivity index (χ1) is 15.5. The zero-order chi connectivity index (χ0) is 22.7. The molecule has 1 N–H and O–H groups in total. The number of nitrogens with zero attached hydrogens (tertiary/aromatic N) is 1. The Morgan fingerprint density at radius 1 is 1.25 bits per heavy atom. The van der Waals surface area contributed by atoms with Crippen molar-refractivity contribution in [1.29, 1.82) is 5.26 Å². The second-order valence-corrected chi connectivity index (χ2v) is 8.37. The molecule has 1 aliphatic carbocycles. The molecule has 0 aliphatic heterocycles. The fourth-order valence-electron chi connectivity index (χ4n) is 4.32. The van der Waals surface area contributed by atoms with Gasteiger partial charge in [0, 0.05) is 22.5 Å². The Morgan fingerprint density at radius 3 is 2.84 bits per heavy atom. The highest BCUT2D eigenvalue weighted by Gasteiger charge is 2.29. The molecule has 3 aromatic rings. The number of benzene rings is 2. The number of H-pyrrole nitrogens is 1. The van der Waals surface area contributed by atoms with Gasteiger partial charge in [0.1, 0.15) is 24.2 Å². The van der Waals surface area contributed by atoms with Crippen molar-refractivity contribution in [1.82, 2.24) is 4.98 Å². The Labute approximate surface area is 188 Å². The lowest BCUT2D eigenvalue weighted by molar-refractivity contribution is -0.143. The maximum Gasteiger partial charge on any atom is 0.306 e. The molecule has 4 rings (SSSR count). The van der Waals surface area contributed by atoms with E-state index in [4.69, 9.17) is 14.2 Å². The largest absolute Gasteiger partial charge is 0.490 e. The summed E-state index contributed by atoms with van der Waals surface area (Å²) in [6, 6.07) is 13.8. The molecule has 2 aromatic carbocycles. The van der Waals surface area contributed by atoms with Crippen LogP contribution >= 0.6 is 0 Å². The molecule has 6 heteroatoms. The van der Waals surface area contributed by atoms with Crippen molar-refractivity contribution in [3.63, 3.8) is 0 Å². The quantitative estimate of drug-likeness (QED) is 0.483. The number of carbonyl (C=O) groups excluding carboxylic acids is 1. The fourth-order valence-corrected chi connectivity index (χ4v) is 4.32. The van der Waals surface area contributed by atoms with Crippen LogP contribution in [-0.2, 0) is 22.6 Å². The van der Waals surface area contributed by atoms with Crippen molar-refractivity contribution >= 4 is 16.9 Å². The van der Waals surface area contributed by atoms with Crippen LogP contribution in [0.4, 0.5) is 0 Å². The molecule has 0 spiro atoms. The minimum absolute atomic E-state index is 0.0101. The Hall–Kier alpha value is -3.46. The molecular weight excluding hydrogens is 404 g/mol. The number of aryl methyl sites for hydroxylation is 1. The number of aromatic nitrogens is 1. The summed E-state index contributed by atoms with van der Waals surface area (Å²) in [6.07, 6.45) is 2.30. The van der Waals surface area contributed by atoms with Crippen LogP contribution < -0.4 is 9.47 Å². The van der Waals surface area contributed by atoms with Crippen LogP contribution in [-0.4, -0.2) is 23.7 Å². The van der Waals surface area contributed by atoms with Gasteiger partial charge in [-0.1, -0.05) is 6.07 Å². The van der Waals surface area contributed by atoms with Gasteiger partial charge in [-0.05, 0) is 75.1 Å². The molecule has 0 saturated heterocycles. The van der Waals surface area contributed by atoms with E-state index in [1.165, 1.54) is 5.56 Å². The number of nitriles is 1. The van der Waals surface area contributed by atoms with Crippen LogP contribution in [0.15, 0.2) is 36.4 Å². The number of aromatic amines is 1. The number of rotatable bonds is 8. The average Bonchev–Trinajstić information content (AvgIpc) is 3.32. The van der Waals surface area contributed by atoms with Gasteiger partial charge in [-0.2, -0.15) is 5.26 Å². The highest BCUT2D eigenvalue weighted by atomic mass is 16.5. The fraction of sp³-hybridized carbons (Fsp3) is 0.385. The van der Waals surface area contributed by atoms with E-state index in [-0.39, 0.29) is 18.0 Å². The molecule has 1 aliphatic rings. The van der Waals surface area contributed by atoms with Crippen molar-refractivity contribution in [3.05, 3.63) is 58.8 Å². The molecule has 6 nitrogen and oxygen atoms in total. The summed E-state index contributed by atoms with van der Waals surface area (Å²) in [7, 11) is 0.